The standard InChI is InChI=1S/C37H26.C2H2F5O4P.CHF3/c1-4-12-26(13-5-1)27-20-22-30(23-21-27)37-35-24-31-18-10-11-19-32(31)34(35)25-33(28-14-6-2-7-15-28)36(37)29-16-8-3-9-17-29;3-1(4,5)2(6,7)11-12(8,9)10;2-1(3)4/h1-23,25H,24H2;(H2,8,9,10);1H. The Balaban J connectivity index is 0.000000287. The van der Waals surface area contributed by atoms with Crippen LogP contribution in [0.4, 0.5) is 35.1 Å². The van der Waals surface area contributed by atoms with Gasteiger partial charge in [0.1, 0.15) is 0 Å². The highest BCUT2D eigenvalue weighted by atomic mass is 31.2. The van der Waals surface area contributed by atoms with Crippen molar-refractivity contribution in [3.8, 4) is 55.6 Å². The number of hydrogen-bond acceptors (Lipinski definition) is 2. The van der Waals surface area contributed by atoms with Gasteiger partial charge in [0, 0.05) is 0 Å². The van der Waals surface area contributed by atoms with Crippen LogP contribution in [0.1, 0.15) is 11.1 Å². The molecule has 1 aliphatic carbocycles. The van der Waals surface area contributed by atoms with Crippen molar-refractivity contribution < 1.29 is 54.0 Å². The number of alkyl halides is 8. The number of phosphoric ester groups is 1. The fraction of sp³-hybridized carbons (Fsp3) is 0.100. The normalized spacial score (nSPS) is 12.2. The first-order valence-electron chi connectivity index (χ1n) is 15.7. The lowest BCUT2D eigenvalue weighted by Gasteiger charge is -2.21. The van der Waals surface area contributed by atoms with Crippen molar-refractivity contribution >= 4 is 7.82 Å². The summed E-state index contributed by atoms with van der Waals surface area (Å²) in [5, 5.41) is 0. The zero-order valence-electron chi connectivity index (χ0n) is 27.3. The van der Waals surface area contributed by atoms with Crippen LogP contribution in [0.15, 0.2) is 146 Å². The molecule has 0 spiro atoms. The van der Waals surface area contributed by atoms with Crippen LogP contribution in [0.5, 0.6) is 0 Å². The van der Waals surface area contributed by atoms with E-state index in [2.05, 4.69) is 150 Å². The van der Waals surface area contributed by atoms with Crippen LogP contribution >= 0.6 is 7.82 Å². The Bertz CT molecular complexity index is 2170. The summed E-state index contributed by atoms with van der Waals surface area (Å²) >= 11 is 0. The smallest absolute Gasteiger partial charge is 0.303 e. The van der Waals surface area contributed by atoms with Crippen LogP contribution in [0, 0.1) is 0 Å². The minimum atomic E-state index is -6.14. The summed E-state index contributed by atoms with van der Waals surface area (Å²) in [6, 6.07) is 52.8. The molecule has 7 rings (SSSR count). The molecule has 0 saturated heterocycles. The van der Waals surface area contributed by atoms with Crippen LogP contribution < -0.4 is 0 Å². The molecule has 0 amide bonds. The van der Waals surface area contributed by atoms with Gasteiger partial charge >= 0.3 is 26.8 Å². The summed E-state index contributed by atoms with van der Waals surface area (Å²) in [5.41, 5.74) is 15.7. The van der Waals surface area contributed by atoms with Crippen molar-refractivity contribution in [2.45, 2.75) is 25.4 Å². The molecule has 0 atom stereocenters. The maximum atomic E-state index is 11.6. The van der Waals surface area contributed by atoms with Gasteiger partial charge in [-0.2, -0.15) is 35.1 Å². The third kappa shape index (κ3) is 9.65. The zero-order chi connectivity index (χ0) is 38.4. The van der Waals surface area contributed by atoms with E-state index in [4.69, 9.17) is 9.79 Å². The largest absolute Gasteiger partial charge is 0.483 e. The maximum Gasteiger partial charge on any atom is 0.483 e. The number of fused-ring (bicyclic) bond motifs is 3. The van der Waals surface area contributed by atoms with E-state index in [0.717, 1.165) is 6.42 Å². The molecule has 0 heterocycles. The van der Waals surface area contributed by atoms with E-state index in [0.29, 0.717) is 0 Å². The molecular weight excluding hydrogens is 727 g/mol. The van der Waals surface area contributed by atoms with E-state index in [1.54, 1.807) is 0 Å². The molecule has 13 heteroatoms. The lowest BCUT2D eigenvalue weighted by Crippen LogP contribution is -2.38. The lowest BCUT2D eigenvalue weighted by molar-refractivity contribution is -0.364. The average Bonchev–Trinajstić information content (AvgIpc) is 3.49. The monoisotopic (exact) mass is 756 g/mol. The average molecular weight is 757 g/mol. The zero-order valence-corrected chi connectivity index (χ0v) is 28.2. The summed E-state index contributed by atoms with van der Waals surface area (Å²) in [6.07, 6.45) is -11.0. The van der Waals surface area contributed by atoms with Crippen LogP contribution in [0.25, 0.3) is 55.6 Å². The van der Waals surface area contributed by atoms with E-state index in [9.17, 15) is 39.7 Å². The fourth-order valence-corrected chi connectivity index (χ4v) is 6.41. The van der Waals surface area contributed by atoms with Crippen molar-refractivity contribution in [2.24, 2.45) is 0 Å². The molecule has 1 aliphatic rings. The predicted octanol–water partition coefficient (Wildman–Crippen LogP) is 12.4. The third-order valence-corrected chi connectivity index (χ3v) is 8.57. The number of halogens is 8. The molecule has 0 fully saturated rings. The van der Waals surface area contributed by atoms with E-state index >= 15 is 0 Å². The van der Waals surface area contributed by atoms with Crippen molar-refractivity contribution in [3.63, 3.8) is 0 Å². The molecule has 4 nitrogen and oxygen atoms in total. The van der Waals surface area contributed by atoms with Gasteiger partial charge in [0.15, 0.2) is 0 Å². The van der Waals surface area contributed by atoms with Crippen LogP contribution in [-0.4, -0.2) is 28.8 Å². The number of benzene rings is 6. The Labute approximate surface area is 299 Å². The van der Waals surface area contributed by atoms with Gasteiger partial charge in [0.2, 0.25) is 0 Å². The summed E-state index contributed by atoms with van der Waals surface area (Å²) in [6.45, 7) is -3.67. The first kappa shape index (κ1) is 39.1. The quantitative estimate of drug-likeness (QED) is 0.131. The maximum absolute atomic E-state index is 11.6. The molecular formula is C40H29F8O4P. The SMILES string of the molecule is FC(F)F.O=P(O)(O)OC(F)(F)C(F)(F)F.c1ccc(-c2ccc(-c3c4c(cc(-c5ccccc5)c3-c3ccccc3)-c3ccccc3C4)cc2)cc1. The number of rotatable bonds is 6. The van der Waals surface area contributed by atoms with Crippen molar-refractivity contribution in [3.05, 3.63) is 157 Å². The fourth-order valence-electron chi connectivity index (χ4n) is 6.01. The molecule has 0 aromatic heterocycles. The van der Waals surface area contributed by atoms with Gasteiger partial charge in [-0.3, -0.25) is 0 Å². The number of phosphoric acid groups is 1. The minimum absolute atomic E-state index is 0.955. The van der Waals surface area contributed by atoms with Crippen molar-refractivity contribution in [2.75, 3.05) is 0 Å². The highest BCUT2D eigenvalue weighted by Gasteiger charge is 2.62. The molecule has 53 heavy (non-hydrogen) atoms. The third-order valence-electron chi connectivity index (χ3n) is 8.10. The topological polar surface area (TPSA) is 66.8 Å². The lowest BCUT2D eigenvalue weighted by atomic mass is 9.82. The van der Waals surface area contributed by atoms with E-state index in [-0.39, 0.29) is 0 Å². The Morgan fingerprint density at radius 3 is 1.43 bits per heavy atom. The van der Waals surface area contributed by atoms with Gasteiger partial charge in [0.05, 0.1) is 0 Å². The second kappa shape index (κ2) is 16.3. The molecule has 6 aromatic carbocycles. The summed E-state index contributed by atoms with van der Waals surface area (Å²) in [4.78, 5) is 15.3. The predicted molar refractivity (Wildman–Crippen MR) is 188 cm³/mol. The molecule has 6 aromatic rings. The molecule has 0 saturated carbocycles. The van der Waals surface area contributed by atoms with Gasteiger partial charge in [0.25, 0.3) is 0 Å². The van der Waals surface area contributed by atoms with E-state index in [1.165, 1.54) is 66.8 Å². The molecule has 0 bridgehead atoms. The van der Waals surface area contributed by atoms with Crippen LogP contribution in [-0.2, 0) is 15.5 Å². The Kier molecular flexibility index (Phi) is 12.0. The highest BCUT2D eigenvalue weighted by molar-refractivity contribution is 7.46. The van der Waals surface area contributed by atoms with E-state index < -0.39 is 26.8 Å². The van der Waals surface area contributed by atoms with Gasteiger partial charge in [-0.15, -0.1) is 0 Å². The second-order valence-electron chi connectivity index (χ2n) is 11.6. The molecule has 0 radical (unpaired) electrons. The highest BCUT2D eigenvalue weighted by Crippen LogP contribution is 2.51. The van der Waals surface area contributed by atoms with Gasteiger partial charge in [-0.05, 0) is 79.2 Å². The molecule has 2 N–H and O–H groups in total. The molecule has 274 valence electrons. The van der Waals surface area contributed by atoms with Gasteiger partial charge in [-0.1, -0.05) is 140 Å². The number of hydrogen-bond donors (Lipinski definition) is 2. The minimum Gasteiger partial charge on any atom is -0.303 e. The summed E-state index contributed by atoms with van der Waals surface area (Å²) in [5.74, 6) is 0. The second-order valence-corrected chi connectivity index (χ2v) is 12.7. The first-order chi connectivity index (χ1) is 25.1. The van der Waals surface area contributed by atoms with Crippen molar-refractivity contribution in [1.29, 1.82) is 0 Å². The summed E-state index contributed by atoms with van der Waals surface area (Å²) in [7, 11) is -5.85. The van der Waals surface area contributed by atoms with Gasteiger partial charge in [-0.25, -0.2) is 9.09 Å². The van der Waals surface area contributed by atoms with E-state index in [1.807, 2.05) is 0 Å². The summed E-state index contributed by atoms with van der Waals surface area (Å²) < 4.78 is 97.4. The van der Waals surface area contributed by atoms with Crippen molar-refractivity contribution in [1.82, 2.24) is 0 Å². The first-order valence-corrected chi connectivity index (χ1v) is 17.3. The Morgan fingerprint density at radius 2 is 0.943 bits per heavy atom. The van der Waals surface area contributed by atoms with Gasteiger partial charge < -0.3 is 9.79 Å². The molecule has 0 unspecified atom stereocenters. The Morgan fingerprint density at radius 1 is 0.528 bits per heavy atom. The molecule has 0 aliphatic heterocycles. The Hall–Kier alpha value is -5.13. The van der Waals surface area contributed by atoms with Crippen LogP contribution in [0.2, 0.25) is 0 Å². The van der Waals surface area contributed by atoms with Crippen LogP contribution in [0.3, 0.4) is 0 Å².